The van der Waals surface area contributed by atoms with Crippen molar-refractivity contribution in [1.82, 2.24) is 21.0 Å². The maximum atomic E-state index is 13.5. The Bertz CT molecular complexity index is 1810. The number of carbonyl (C=O) groups is 7. The fourth-order valence-electron chi connectivity index (χ4n) is 5.73. The molecule has 0 aliphatic heterocycles. The van der Waals surface area contributed by atoms with Gasteiger partial charge in [0.05, 0.1) is 51.9 Å². The van der Waals surface area contributed by atoms with Gasteiger partial charge in [0.25, 0.3) is 11.8 Å². The van der Waals surface area contributed by atoms with Gasteiger partial charge in [-0.1, -0.05) is 69.5 Å². The number of rotatable bonds is 24. The summed E-state index contributed by atoms with van der Waals surface area (Å²) in [6.45, 7) is 3.26. The highest BCUT2D eigenvalue weighted by Crippen LogP contribution is 2.30. The fourth-order valence-corrected chi connectivity index (χ4v) is 5.73. The topological polar surface area (TPSA) is 218 Å². The first-order valence-electron chi connectivity index (χ1n) is 18.4. The van der Waals surface area contributed by atoms with Gasteiger partial charge in [-0.15, -0.1) is 0 Å². The van der Waals surface area contributed by atoms with E-state index in [4.69, 9.17) is 18.7 Å². The lowest BCUT2D eigenvalue weighted by Crippen LogP contribution is -2.48. The molecule has 57 heavy (non-hydrogen) atoms. The number of nitrogens with zero attached hydrogens (tertiary/aromatic N) is 1. The van der Waals surface area contributed by atoms with Crippen molar-refractivity contribution in [3.8, 4) is 17.1 Å². The molecule has 2 aromatic carbocycles. The third-order valence-corrected chi connectivity index (χ3v) is 8.81. The van der Waals surface area contributed by atoms with Crippen LogP contribution < -0.4 is 20.7 Å². The van der Waals surface area contributed by atoms with Crippen LogP contribution in [-0.2, 0) is 49.6 Å². The minimum absolute atomic E-state index is 0.103. The first-order valence-corrected chi connectivity index (χ1v) is 18.4. The van der Waals surface area contributed by atoms with Crippen molar-refractivity contribution in [2.75, 3.05) is 34.6 Å². The van der Waals surface area contributed by atoms with Crippen LogP contribution in [0.2, 0.25) is 0 Å². The number of hydrogen-bond acceptors (Lipinski definition) is 13. The number of unbranched alkanes of at least 4 members (excludes halogenated alkanes) is 2. The SMILES string of the molecule is CCCCCC(C(=O)NCNC(=O)c1ccc(-c2ccc(C(=O)NC(CC(=O)OC)C(=O)OC)c(OCC(=O)OC)c2)o1)C(CC)N(C=O)OCc1ccccc1. The summed E-state index contributed by atoms with van der Waals surface area (Å²) < 4.78 is 25.3. The molecule has 0 spiro atoms. The van der Waals surface area contributed by atoms with Crippen molar-refractivity contribution in [2.24, 2.45) is 5.92 Å². The van der Waals surface area contributed by atoms with Crippen molar-refractivity contribution in [3.05, 3.63) is 77.6 Å². The lowest BCUT2D eigenvalue weighted by molar-refractivity contribution is -0.200. The van der Waals surface area contributed by atoms with Crippen LogP contribution in [0.3, 0.4) is 0 Å². The maximum absolute atomic E-state index is 13.5. The first-order chi connectivity index (χ1) is 27.5. The Hall–Kier alpha value is -6.23. The second kappa shape index (κ2) is 23.6. The molecule has 308 valence electrons. The van der Waals surface area contributed by atoms with Gasteiger partial charge in [0.2, 0.25) is 12.3 Å². The van der Waals surface area contributed by atoms with Crippen LogP contribution in [0, 0.1) is 5.92 Å². The molecule has 0 radical (unpaired) electrons. The monoisotopic (exact) mass is 794 g/mol. The average Bonchev–Trinajstić information content (AvgIpc) is 3.73. The minimum Gasteiger partial charge on any atom is -0.481 e. The smallest absolute Gasteiger partial charge is 0.343 e. The Morgan fingerprint density at radius 2 is 1.58 bits per heavy atom. The average molecular weight is 795 g/mol. The predicted molar refractivity (Wildman–Crippen MR) is 203 cm³/mol. The number of methoxy groups -OCH3 is 3. The van der Waals surface area contributed by atoms with Crippen molar-refractivity contribution >= 4 is 42.0 Å². The molecule has 17 nitrogen and oxygen atoms in total. The van der Waals surface area contributed by atoms with E-state index in [9.17, 15) is 33.6 Å². The predicted octanol–water partition coefficient (Wildman–Crippen LogP) is 3.70. The Morgan fingerprint density at radius 3 is 2.23 bits per heavy atom. The summed E-state index contributed by atoms with van der Waals surface area (Å²) in [5.41, 5.74) is 1.09. The largest absolute Gasteiger partial charge is 0.481 e. The van der Waals surface area contributed by atoms with Gasteiger partial charge in [0.15, 0.2) is 12.4 Å². The van der Waals surface area contributed by atoms with Gasteiger partial charge in [-0.05, 0) is 42.7 Å². The summed E-state index contributed by atoms with van der Waals surface area (Å²) in [4.78, 5) is 93.8. The number of amides is 4. The minimum atomic E-state index is -1.39. The Kier molecular flexibility index (Phi) is 18.7. The Balaban J connectivity index is 1.73. The zero-order valence-corrected chi connectivity index (χ0v) is 32.7. The number of hydroxylamine groups is 2. The molecule has 3 unspecified atom stereocenters. The van der Waals surface area contributed by atoms with Crippen molar-refractivity contribution in [2.45, 2.75) is 71.1 Å². The van der Waals surface area contributed by atoms with E-state index < -0.39 is 60.8 Å². The highest BCUT2D eigenvalue weighted by Gasteiger charge is 2.32. The number of benzene rings is 2. The summed E-state index contributed by atoms with van der Waals surface area (Å²) in [5.74, 6) is -4.90. The van der Waals surface area contributed by atoms with E-state index in [1.54, 1.807) is 0 Å². The van der Waals surface area contributed by atoms with Gasteiger partial charge in [0.1, 0.15) is 24.2 Å². The normalized spacial score (nSPS) is 12.2. The molecular formula is C40H50N4O13. The van der Waals surface area contributed by atoms with E-state index in [0.29, 0.717) is 24.8 Å². The van der Waals surface area contributed by atoms with E-state index in [1.165, 1.54) is 35.4 Å². The van der Waals surface area contributed by atoms with Crippen LogP contribution in [0.25, 0.3) is 11.3 Å². The third-order valence-electron chi connectivity index (χ3n) is 8.81. The molecule has 0 aliphatic carbocycles. The maximum Gasteiger partial charge on any atom is 0.343 e. The van der Waals surface area contributed by atoms with Crippen LogP contribution in [0.5, 0.6) is 5.75 Å². The zero-order valence-electron chi connectivity index (χ0n) is 32.7. The van der Waals surface area contributed by atoms with E-state index in [1.807, 2.05) is 37.3 Å². The van der Waals surface area contributed by atoms with Crippen LogP contribution in [0.1, 0.15) is 78.8 Å². The van der Waals surface area contributed by atoms with Crippen molar-refractivity contribution in [3.63, 3.8) is 0 Å². The van der Waals surface area contributed by atoms with E-state index in [-0.39, 0.29) is 42.0 Å². The van der Waals surface area contributed by atoms with Crippen molar-refractivity contribution < 1.29 is 61.8 Å². The molecule has 0 fully saturated rings. The molecule has 0 saturated heterocycles. The third kappa shape index (κ3) is 13.8. The molecule has 0 bridgehead atoms. The zero-order chi connectivity index (χ0) is 41.7. The number of nitrogens with one attached hydrogen (secondary N) is 3. The number of carbonyl (C=O) groups excluding carboxylic acids is 7. The molecule has 0 aliphatic rings. The van der Waals surface area contributed by atoms with E-state index in [0.717, 1.165) is 46.2 Å². The quantitative estimate of drug-likeness (QED) is 0.0295. The fraction of sp³-hybridized carbons (Fsp3) is 0.425. The molecule has 3 aromatic rings. The molecule has 3 rings (SSSR count). The van der Waals surface area contributed by atoms with E-state index in [2.05, 4.69) is 32.3 Å². The molecule has 0 saturated carbocycles. The molecule has 3 atom stereocenters. The highest BCUT2D eigenvalue weighted by atomic mass is 16.7. The van der Waals surface area contributed by atoms with Crippen molar-refractivity contribution in [1.29, 1.82) is 0 Å². The lowest BCUT2D eigenvalue weighted by Gasteiger charge is -2.32. The number of furan rings is 1. The lowest BCUT2D eigenvalue weighted by atomic mass is 9.90. The summed E-state index contributed by atoms with van der Waals surface area (Å²) in [5, 5.41) is 8.96. The second-order valence-electron chi connectivity index (χ2n) is 12.6. The molecule has 1 aromatic heterocycles. The molecule has 3 N–H and O–H groups in total. The molecule has 4 amide bonds. The molecular weight excluding hydrogens is 744 g/mol. The molecule has 1 heterocycles. The van der Waals surface area contributed by atoms with Gasteiger partial charge in [-0.25, -0.2) is 14.7 Å². The summed E-state index contributed by atoms with van der Waals surface area (Å²) in [6, 6.07) is 14.5. The van der Waals surface area contributed by atoms with Gasteiger partial charge in [0, 0.05) is 5.56 Å². The summed E-state index contributed by atoms with van der Waals surface area (Å²) >= 11 is 0. The first kappa shape index (κ1) is 45.2. The van der Waals surface area contributed by atoms with E-state index >= 15 is 0 Å². The van der Waals surface area contributed by atoms with Crippen LogP contribution in [0.4, 0.5) is 0 Å². The Labute approximate surface area is 330 Å². The Morgan fingerprint density at radius 1 is 0.842 bits per heavy atom. The van der Waals surface area contributed by atoms with Gasteiger partial charge in [-0.3, -0.25) is 28.8 Å². The molecule has 17 heteroatoms. The second-order valence-corrected chi connectivity index (χ2v) is 12.6. The van der Waals surface area contributed by atoms with Crippen LogP contribution in [0.15, 0.2) is 65.1 Å². The standard InChI is InChI=1S/C40H50N4O13/c1-6-8-10-15-28(31(7-2)44(25-45)56-22-26-13-11-9-12-14-26)37(48)41-24-42-39(50)33-19-18-32(57-33)27-16-17-29(34(20-27)55-23-36(47)53-4)38(49)43-30(40(51)54-5)21-35(46)52-3/h9,11-14,16-20,25,28,30-31H,6-8,10,15,21-24H2,1-5H3,(H,41,48)(H,42,50)(H,43,49). The van der Waals surface area contributed by atoms with Gasteiger partial charge >= 0.3 is 17.9 Å². The highest BCUT2D eigenvalue weighted by molar-refractivity contribution is 6.00. The summed E-state index contributed by atoms with van der Waals surface area (Å²) in [6.07, 6.45) is 3.60. The van der Waals surface area contributed by atoms with Crippen LogP contribution in [-0.4, -0.2) is 93.8 Å². The van der Waals surface area contributed by atoms with Gasteiger partial charge in [-0.2, -0.15) is 0 Å². The number of ether oxygens (including phenoxy) is 4. The van der Waals surface area contributed by atoms with Gasteiger partial charge < -0.3 is 39.3 Å². The number of esters is 3. The summed E-state index contributed by atoms with van der Waals surface area (Å²) in [7, 11) is 3.37. The van der Waals surface area contributed by atoms with Crippen LogP contribution >= 0.6 is 0 Å². The number of hydrogen-bond donors (Lipinski definition) is 3.